The monoisotopic (exact) mass is 334 g/mol. The lowest BCUT2D eigenvalue weighted by atomic mass is 10.2. The van der Waals surface area contributed by atoms with Gasteiger partial charge < -0.3 is 4.90 Å². The van der Waals surface area contributed by atoms with E-state index in [1.807, 2.05) is 19.9 Å². The van der Waals surface area contributed by atoms with Crippen LogP contribution in [0.3, 0.4) is 0 Å². The Morgan fingerprint density at radius 2 is 1.96 bits per heavy atom. The fourth-order valence-corrected chi connectivity index (χ4v) is 3.53. The Morgan fingerprint density at radius 1 is 1.30 bits per heavy atom. The van der Waals surface area contributed by atoms with Crippen LogP contribution in [0.2, 0.25) is 0 Å². The van der Waals surface area contributed by atoms with Gasteiger partial charge in [-0.25, -0.2) is 9.97 Å². The number of aryl methyl sites for hydroxylation is 2. The molecule has 0 aromatic carbocycles. The smallest absolute Gasteiger partial charge is 0.249 e. The first-order valence-corrected chi connectivity index (χ1v) is 8.52. The molecule has 0 bridgehead atoms. The summed E-state index contributed by atoms with van der Waals surface area (Å²) in [5, 5.41) is 2.82. The molecular weight excluding hydrogens is 316 g/mol. The highest BCUT2D eigenvalue weighted by Crippen LogP contribution is 2.31. The van der Waals surface area contributed by atoms with Crippen molar-refractivity contribution >= 4 is 29.5 Å². The number of hydrogen-bond donors (Lipinski definition) is 1. The van der Waals surface area contributed by atoms with Crippen molar-refractivity contribution in [2.45, 2.75) is 50.4 Å². The Balaban J connectivity index is 1.67. The Hall–Kier alpha value is -1.96. The molecule has 122 valence electrons. The number of nitrogens with zero attached hydrogens (tertiary/aromatic N) is 3. The predicted molar refractivity (Wildman–Crippen MR) is 83.7 cm³/mol. The molecule has 1 atom stereocenters. The summed E-state index contributed by atoms with van der Waals surface area (Å²) in [5.74, 6) is -0.668. The molecule has 1 aliphatic carbocycles. The number of carbonyl (C=O) groups is 3. The van der Waals surface area contributed by atoms with E-state index in [1.165, 1.54) is 11.8 Å². The summed E-state index contributed by atoms with van der Waals surface area (Å²) < 4.78 is 0. The summed E-state index contributed by atoms with van der Waals surface area (Å²) in [7, 11) is 0. The molecule has 1 aromatic heterocycles. The van der Waals surface area contributed by atoms with E-state index >= 15 is 0 Å². The van der Waals surface area contributed by atoms with Crippen molar-refractivity contribution in [3.8, 4) is 0 Å². The summed E-state index contributed by atoms with van der Waals surface area (Å²) >= 11 is 1.26. The molecular formula is C15H18N4O3S. The van der Waals surface area contributed by atoms with E-state index in [0.717, 1.165) is 24.2 Å². The van der Waals surface area contributed by atoms with Gasteiger partial charge in [-0.1, -0.05) is 11.8 Å². The van der Waals surface area contributed by atoms with E-state index in [-0.39, 0.29) is 35.9 Å². The van der Waals surface area contributed by atoms with Gasteiger partial charge in [0.2, 0.25) is 17.7 Å². The molecule has 2 aliphatic rings. The van der Waals surface area contributed by atoms with Gasteiger partial charge in [-0.2, -0.15) is 0 Å². The number of amides is 3. The van der Waals surface area contributed by atoms with Gasteiger partial charge in [0.1, 0.15) is 6.04 Å². The van der Waals surface area contributed by atoms with Gasteiger partial charge in [-0.3, -0.25) is 19.7 Å². The van der Waals surface area contributed by atoms with Gasteiger partial charge in [0.15, 0.2) is 5.16 Å². The minimum absolute atomic E-state index is 0.0613. The van der Waals surface area contributed by atoms with E-state index in [2.05, 4.69) is 15.3 Å². The van der Waals surface area contributed by atoms with Crippen molar-refractivity contribution in [2.24, 2.45) is 0 Å². The van der Waals surface area contributed by atoms with Crippen LogP contribution in [0.5, 0.6) is 0 Å². The van der Waals surface area contributed by atoms with Crippen LogP contribution < -0.4 is 5.32 Å². The SMILES string of the molecule is Cc1cc(C)nc(SCC(=O)N(C2CC2)[C@@H]2CC(=O)NC2=O)n1. The Labute approximate surface area is 138 Å². The summed E-state index contributed by atoms with van der Waals surface area (Å²) in [6.45, 7) is 3.76. The van der Waals surface area contributed by atoms with Crippen molar-refractivity contribution in [2.75, 3.05) is 5.75 Å². The van der Waals surface area contributed by atoms with E-state index in [0.29, 0.717) is 5.16 Å². The molecule has 1 N–H and O–H groups in total. The van der Waals surface area contributed by atoms with Gasteiger partial charge in [0, 0.05) is 17.4 Å². The second-order valence-electron chi connectivity index (χ2n) is 5.89. The number of rotatable bonds is 5. The third-order valence-electron chi connectivity index (χ3n) is 3.79. The number of carbonyl (C=O) groups excluding carboxylic acids is 3. The minimum Gasteiger partial charge on any atom is -0.326 e. The molecule has 7 nitrogen and oxygen atoms in total. The second-order valence-corrected chi connectivity index (χ2v) is 6.83. The zero-order valence-electron chi connectivity index (χ0n) is 13.0. The standard InChI is InChI=1S/C15H18N4O3S/c1-8-5-9(2)17-15(16-8)23-7-13(21)19(10-3-4-10)11-6-12(20)18-14(11)22/h5,10-11H,3-4,6-7H2,1-2H3,(H,18,20,22)/t11-/m1/s1. The van der Waals surface area contributed by atoms with Crippen molar-refractivity contribution in [3.63, 3.8) is 0 Å². The van der Waals surface area contributed by atoms with Gasteiger partial charge in [0.05, 0.1) is 12.2 Å². The van der Waals surface area contributed by atoms with E-state index in [4.69, 9.17) is 0 Å². The van der Waals surface area contributed by atoms with Crippen LogP contribution >= 0.6 is 11.8 Å². The first kappa shape index (κ1) is 15.9. The van der Waals surface area contributed by atoms with Crippen LogP contribution in [0, 0.1) is 13.8 Å². The highest BCUT2D eigenvalue weighted by molar-refractivity contribution is 7.99. The molecule has 0 unspecified atom stereocenters. The molecule has 1 saturated carbocycles. The molecule has 2 heterocycles. The summed E-state index contributed by atoms with van der Waals surface area (Å²) in [4.78, 5) is 46.0. The van der Waals surface area contributed by atoms with Gasteiger partial charge in [-0.05, 0) is 32.8 Å². The number of hydrogen-bond acceptors (Lipinski definition) is 6. The lowest BCUT2D eigenvalue weighted by Crippen LogP contribution is -2.46. The van der Waals surface area contributed by atoms with Crippen molar-refractivity contribution < 1.29 is 14.4 Å². The Bertz CT molecular complexity index is 654. The maximum absolute atomic E-state index is 12.6. The van der Waals surface area contributed by atoms with Crippen molar-refractivity contribution in [1.29, 1.82) is 0 Å². The van der Waals surface area contributed by atoms with Crippen molar-refractivity contribution in [1.82, 2.24) is 20.2 Å². The van der Waals surface area contributed by atoms with Crippen LogP contribution in [0.15, 0.2) is 11.2 Å². The van der Waals surface area contributed by atoms with Crippen LogP contribution in [0.1, 0.15) is 30.7 Å². The molecule has 3 rings (SSSR count). The van der Waals surface area contributed by atoms with E-state index in [1.54, 1.807) is 4.90 Å². The van der Waals surface area contributed by atoms with Crippen LogP contribution in [0.25, 0.3) is 0 Å². The highest BCUT2D eigenvalue weighted by atomic mass is 32.2. The van der Waals surface area contributed by atoms with Crippen LogP contribution in [0.4, 0.5) is 0 Å². The number of nitrogens with one attached hydrogen (secondary N) is 1. The van der Waals surface area contributed by atoms with Crippen molar-refractivity contribution in [3.05, 3.63) is 17.5 Å². The molecule has 0 spiro atoms. The third kappa shape index (κ3) is 3.69. The summed E-state index contributed by atoms with van der Waals surface area (Å²) in [5.41, 5.74) is 1.71. The van der Waals surface area contributed by atoms with E-state index in [9.17, 15) is 14.4 Å². The fraction of sp³-hybridized carbons (Fsp3) is 0.533. The summed E-state index contributed by atoms with van der Waals surface area (Å²) in [6, 6.07) is 1.28. The molecule has 8 heteroatoms. The average Bonchev–Trinajstić information content (AvgIpc) is 3.22. The molecule has 0 radical (unpaired) electrons. The maximum Gasteiger partial charge on any atom is 0.249 e. The second kappa shape index (κ2) is 6.27. The molecule has 1 aliphatic heterocycles. The first-order valence-electron chi connectivity index (χ1n) is 7.54. The average molecular weight is 334 g/mol. The summed E-state index contributed by atoms with van der Waals surface area (Å²) in [6.07, 6.45) is 1.83. The van der Waals surface area contributed by atoms with Gasteiger partial charge in [0.25, 0.3) is 0 Å². The first-order chi connectivity index (χ1) is 10.9. The predicted octanol–water partition coefficient (Wildman–Crippen LogP) is 0.592. The zero-order valence-corrected chi connectivity index (χ0v) is 13.9. The molecule has 3 amide bonds. The number of thioether (sulfide) groups is 1. The largest absolute Gasteiger partial charge is 0.326 e. The minimum atomic E-state index is -0.664. The normalized spacial score (nSPS) is 20.5. The van der Waals surface area contributed by atoms with Crippen LogP contribution in [-0.2, 0) is 14.4 Å². The van der Waals surface area contributed by atoms with E-state index < -0.39 is 6.04 Å². The zero-order chi connectivity index (χ0) is 16.6. The molecule has 23 heavy (non-hydrogen) atoms. The van der Waals surface area contributed by atoms with Gasteiger partial charge >= 0.3 is 0 Å². The quantitative estimate of drug-likeness (QED) is 0.481. The molecule has 1 saturated heterocycles. The van der Waals surface area contributed by atoms with Gasteiger partial charge in [-0.15, -0.1) is 0 Å². The number of aromatic nitrogens is 2. The lowest BCUT2D eigenvalue weighted by Gasteiger charge is -2.26. The fourth-order valence-electron chi connectivity index (χ4n) is 2.71. The Kier molecular flexibility index (Phi) is 4.34. The topological polar surface area (TPSA) is 92.3 Å². The highest BCUT2D eigenvalue weighted by Gasteiger charge is 2.44. The third-order valence-corrected chi connectivity index (χ3v) is 4.63. The lowest BCUT2D eigenvalue weighted by molar-refractivity contribution is -0.137. The van der Waals surface area contributed by atoms with Crippen LogP contribution in [-0.4, -0.2) is 50.4 Å². The number of imide groups is 1. The molecule has 1 aromatic rings. The Morgan fingerprint density at radius 3 is 2.48 bits per heavy atom. The molecule has 2 fully saturated rings. The maximum atomic E-state index is 12.6.